The molecule has 3 heterocycles. The molecule has 2 aromatic heterocycles. The van der Waals surface area contributed by atoms with Gasteiger partial charge in [0.05, 0.1) is 22.4 Å². The van der Waals surface area contributed by atoms with Gasteiger partial charge in [-0.05, 0) is 38.1 Å². The summed E-state index contributed by atoms with van der Waals surface area (Å²) < 4.78 is 17.4. The fourth-order valence-electron chi connectivity index (χ4n) is 3.21. The zero-order valence-corrected chi connectivity index (χ0v) is 16.4. The highest BCUT2D eigenvalue weighted by molar-refractivity contribution is 7.21. The second kappa shape index (κ2) is 7.73. The van der Waals surface area contributed by atoms with E-state index in [0.717, 1.165) is 10.2 Å². The van der Waals surface area contributed by atoms with Crippen molar-refractivity contribution in [2.24, 2.45) is 0 Å². The molecule has 4 rings (SSSR count). The number of hydrogen-bond acceptors (Lipinski definition) is 7. The number of carbonyl (C=O) groups excluding carboxylic acids is 2. The number of esters is 1. The first kappa shape index (κ1) is 18.6. The van der Waals surface area contributed by atoms with Crippen LogP contribution >= 0.6 is 11.3 Å². The number of aromatic nitrogens is 1. The Morgan fingerprint density at radius 1 is 1.18 bits per heavy atom. The van der Waals surface area contributed by atoms with E-state index in [2.05, 4.69) is 4.98 Å². The number of carbonyl (C=O) groups is 2. The van der Waals surface area contributed by atoms with Gasteiger partial charge in [-0.1, -0.05) is 12.1 Å². The predicted molar refractivity (Wildman–Crippen MR) is 104 cm³/mol. The van der Waals surface area contributed by atoms with E-state index in [1.807, 2.05) is 38.1 Å². The van der Waals surface area contributed by atoms with Crippen LogP contribution in [-0.2, 0) is 14.3 Å². The molecule has 0 spiro atoms. The van der Waals surface area contributed by atoms with E-state index >= 15 is 0 Å². The third-order valence-electron chi connectivity index (χ3n) is 4.41. The van der Waals surface area contributed by atoms with Gasteiger partial charge in [0.15, 0.2) is 17.4 Å². The first-order valence-corrected chi connectivity index (χ1v) is 9.87. The zero-order chi connectivity index (χ0) is 19.7. The van der Waals surface area contributed by atoms with Gasteiger partial charge in [-0.2, -0.15) is 0 Å². The molecule has 1 saturated heterocycles. The maximum absolute atomic E-state index is 12.3. The molecule has 8 heteroatoms. The molecule has 7 nitrogen and oxygen atoms in total. The van der Waals surface area contributed by atoms with Gasteiger partial charge in [-0.3, -0.25) is 4.79 Å². The minimum absolute atomic E-state index is 0.0372. The van der Waals surface area contributed by atoms with Crippen molar-refractivity contribution in [1.29, 1.82) is 0 Å². The van der Waals surface area contributed by atoms with Gasteiger partial charge in [-0.15, -0.1) is 11.3 Å². The largest absolute Gasteiger partial charge is 0.450 e. The molecule has 1 aliphatic heterocycles. The minimum Gasteiger partial charge on any atom is -0.450 e. The van der Waals surface area contributed by atoms with Crippen LogP contribution in [0.3, 0.4) is 0 Å². The Morgan fingerprint density at radius 2 is 1.93 bits per heavy atom. The fraction of sp³-hybridized carbons (Fsp3) is 0.350. The van der Waals surface area contributed by atoms with Gasteiger partial charge in [0, 0.05) is 13.1 Å². The highest BCUT2D eigenvalue weighted by Gasteiger charge is 2.27. The second-order valence-corrected chi connectivity index (χ2v) is 7.81. The van der Waals surface area contributed by atoms with E-state index in [-0.39, 0.29) is 30.5 Å². The number of fused-ring (bicyclic) bond motifs is 1. The van der Waals surface area contributed by atoms with Crippen LogP contribution in [0.5, 0.6) is 0 Å². The maximum atomic E-state index is 12.3. The average Bonchev–Trinajstić information content (AvgIpc) is 3.31. The maximum Gasteiger partial charge on any atom is 0.374 e. The first-order chi connectivity index (χ1) is 13.5. The lowest BCUT2D eigenvalue weighted by molar-refractivity contribution is -0.146. The van der Waals surface area contributed by atoms with E-state index in [4.69, 9.17) is 13.9 Å². The van der Waals surface area contributed by atoms with Crippen LogP contribution in [0.25, 0.3) is 21.0 Å². The number of furan rings is 1. The normalized spacial score (nSPS) is 19.7. The molecule has 0 aliphatic carbocycles. The lowest BCUT2D eigenvalue weighted by Crippen LogP contribution is -2.49. The molecule has 0 unspecified atom stereocenters. The van der Waals surface area contributed by atoms with Crippen molar-refractivity contribution < 1.29 is 23.5 Å². The molecule has 0 saturated carbocycles. The predicted octanol–water partition coefficient (Wildman–Crippen LogP) is 3.35. The summed E-state index contributed by atoms with van der Waals surface area (Å²) in [6.45, 7) is 4.48. The Morgan fingerprint density at radius 3 is 2.68 bits per heavy atom. The highest BCUT2D eigenvalue weighted by atomic mass is 32.1. The molecule has 146 valence electrons. The molecular weight excluding hydrogens is 380 g/mol. The van der Waals surface area contributed by atoms with Crippen molar-refractivity contribution in [3.05, 3.63) is 42.2 Å². The minimum atomic E-state index is -0.671. The van der Waals surface area contributed by atoms with Crippen LogP contribution < -0.4 is 0 Å². The van der Waals surface area contributed by atoms with Gasteiger partial charge >= 0.3 is 5.97 Å². The van der Waals surface area contributed by atoms with E-state index in [1.165, 1.54) is 17.4 Å². The summed E-state index contributed by atoms with van der Waals surface area (Å²) in [4.78, 5) is 30.7. The molecule has 1 aromatic carbocycles. The molecule has 3 aromatic rings. The van der Waals surface area contributed by atoms with Crippen LogP contribution in [0.4, 0.5) is 0 Å². The van der Waals surface area contributed by atoms with Gasteiger partial charge in [0.1, 0.15) is 0 Å². The molecule has 28 heavy (non-hydrogen) atoms. The van der Waals surface area contributed by atoms with Gasteiger partial charge < -0.3 is 18.8 Å². The van der Waals surface area contributed by atoms with Crippen molar-refractivity contribution in [1.82, 2.24) is 9.88 Å². The van der Waals surface area contributed by atoms with Crippen LogP contribution in [0, 0.1) is 0 Å². The monoisotopic (exact) mass is 400 g/mol. The van der Waals surface area contributed by atoms with Crippen LogP contribution in [0.15, 0.2) is 40.8 Å². The molecule has 0 bridgehead atoms. The molecule has 0 radical (unpaired) electrons. The van der Waals surface area contributed by atoms with Crippen molar-refractivity contribution >= 4 is 33.4 Å². The van der Waals surface area contributed by atoms with Gasteiger partial charge in [-0.25, -0.2) is 9.78 Å². The standard InChI is InChI=1S/C20H20N2O5S/c1-12-9-22(10-13(2)26-12)18(23)11-25-20(24)16-8-7-15(27-16)19-21-14-5-3-4-6-17(14)28-19/h3-8,12-13H,9-11H2,1-2H3/t12-,13+. The third kappa shape index (κ3) is 3.93. The molecule has 1 aliphatic rings. The Labute approximate surface area is 165 Å². The van der Waals surface area contributed by atoms with E-state index < -0.39 is 5.97 Å². The average molecular weight is 400 g/mol. The molecule has 2 atom stereocenters. The summed E-state index contributed by atoms with van der Waals surface area (Å²) in [6, 6.07) is 11.0. The van der Waals surface area contributed by atoms with E-state index in [1.54, 1.807) is 11.0 Å². The van der Waals surface area contributed by atoms with Gasteiger partial charge in [0.2, 0.25) is 5.76 Å². The number of amides is 1. The van der Waals surface area contributed by atoms with Crippen LogP contribution in [0.1, 0.15) is 24.4 Å². The summed E-state index contributed by atoms with van der Waals surface area (Å²) >= 11 is 1.48. The summed E-state index contributed by atoms with van der Waals surface area (Å²) in [5, 5.41) is 0.688. The summed E-state index contributed by atoms with van der Waals surface area (Å²) in [7, 11) is 0. The van der Waals surface area contributed by atoms with Crippen LogP contribution in [-0.4, -0.2) is 53.7 Å². The smallest absolute Gasteiger partial charge is 0.374 e. The summed E-state index contributed by atoms with van der Waals surface area (Å²) in [5.74, 6) is -0.371. The Hall–Kier alpha value is -2.71. The van der Waals surface area contributed by atoms with Crippen molar-refractivity contribution in [3.8, 4) is 10.8 Å². The first-order valence-electron chi connectivity index (χ1n) is 9.06. The number of morpholine rings is 1. The second-order valence-electron chi connectivity index (χ2n) is 6.78. The fourth-order valence-corrected chi connectivity index (χ4v) is 4.14. The van der Waals surface area contributed by atoms with Gasteiger partial charge in [0.25, 0.3) is 5.91 Å². The van der Waals surface area contributed by atoms with Crippen molar-refractivity contribution in [3.63, 3.8) is 0 Å². The Bertz CT molecular complexity index is 968. The highest BCUT2D eigenvalue weighted by Crippen LogP contribution is 2.31. The molecule has 1 fully saturated rings. The SMILES string of the molecule is C[C@@H]1CN(C(=O)COC(=O)c2ccc(-c3nc4ccccc4s3)o2)C[C@H](C)O1. The summed E-state index contributed by atoms with van der Waals surface area (Å²) in [5.41, 5.74) is 0.877. The number of nitrogens with zero attached hydrogens (tertiary/aromatic N) is 2. The topological polar surface area (TPSA) is 81.9 Å². The number of para-hydroxylation sites is 1. The number of rotatable bonds is 4. The Kier molecular flexibility index (Phi) is 5.15. The van der Waals surface area contributed by atoms with E-state index in [0.29, 0.717) is 23.9 Å². The molecule has 1 amide bonds. The number of hydrogen-bond donors (Lipinski definition) is 0. The number of benzene rings is 1. The third-order valence-corrected chi connectivity index (χ3v) is 5.46. The Balaban J connectivity index is 1.38. The molecule has 0 N–H and O–H groups in total. The quantitative estimate of drug-likeness (QED) is 0.625. The van der Waals surface area contributed by atoms with E-state index in [9.17, 15) is 9.59 Å². The lowest BCUT2D eigenvalue weighted by atomic mass is 10.2. The number of ether oxygens (including phenoxy) is 2. The van der Waals surface area contributed by atoms with Crippen molar-refractivity contribution in [2.45, 2.75) is 26.1 Å². The lowest BCUT2D eigenvalue weighted by Gasteiger charge is -2.35. The number of thiazole rings is 1. The zero-order valence-electron chi connectivity index (χ0n) is 15.6. The molecular formula is C20H20N2O5S. The summed E-state index contributed by atoms with van der Waals surface area (Å²) in [6.07, 6.45) is -0.0744. The van der Waals surface area contributed by atoms with Crippen LogP contribution in [0.2, 0.25) is 0 Å². The van der Waals surface area contributed by atoms with Crippen molar-refractivity contribution in [2.75, 3.05) is 19.7 Å².